The van der Waals surface area contributed by atoms with Gasteiger partial charge in [-0.2, -0.15) is 0 Å². The maximum absolute atomic E-state index is 12.4. The summed E-state index contributed by atoms with van der Waals surface area (Å²) in [7, 11) is 0. The molecule has 1 saturated heterocycles. The second-order valence-electron chi connectivity index (χ2n) is 6.53. The number of likely N-dealkylation sites (N-methyl/N-ethyl adjacent to an activating group) is 1. The van der Waals surface area contributed by atoms with E-state index in [4.69, 9.17) is 4.74 Å². The van der Waals surface area contributed by atoms with Gasteiger partial charge in [0.05, 0.1) is 6.61 Å². The largest absolute Gasteiger partial charge is 0.465 e. The van der Waals surface area contributed by atoms with Gasteiger partial charge in [0.1, 0.15) is 5.54 Å². The Morgan fingerprint density at radius 1 is 1.29 bits per heavy atom. The molecule has 0 aromatic heterocycles. The lowest BCUT2D eigenvalue weighted by Crippen LogP contribution is -2.53. The number of nitrogens with zero attached hydrogens (tertiary/aromatic N) is 1. The zero-order chi connectivity index (χ0) is 15.3. The number of carbonyl (C=O) groups excluding carboxylic acids is 1. The lowest BCUT2D eigenvalue weighted by Gasteiger charge is -2.40. The molecule has 0 aromatic carbocycles. The molecule has 21 heavy (non-hydrogen) atoms. The molecule has 4 heteroatoms. The maximum atomic E-state index is 12.4. The van der Waals surface area contributed by atoms with Crippen molar-refractivity contribution in [1.29, 1.82) is 0 Å². The first-order valence-electron chi connectivity index (χ1n) is 8.84. The minimum absolute atomic E-state index is 0.0422. The van der Waals surface area contributed by atoms with E-state index in [-0.39, 0.29) is 5.97 Å². The van der Waals surface area contributed by atoms with E-state index in [0.29, 0.717) is 18.7 Å². The third-order valence-electron chi connectivity index (χ3n) is 5.28. The van der Waals surface area contributed by atoms with Crippen molar-refractivity contribution in [3.8, 4) is 0 Å². The Kier molecular flexibility index (Phi) is 6.06. The van der Waals surface area contributed by atoms with E-state index in [1.807, 2.05) is 6.92 Å². The van der Waals surface area contributed by atoms with Crippen LogP contribution in [0.5, 0.6) is 0 Å². The third kappa shape index (κ3) is 3.59. The van der Waals surface area contributed by atoms with Gasteiger partial charge in [0.25, 0.3) is 0 Å². The molecular formula is C17H32N2O2. The Morgan fingerprint density at radius 2 is 2.10 bits per heavy atom. The van der Waals surface area contributed by atoms with Crippen LogP contribution in [-0.2, 0) is 9.53 Å². The topological polar surface area (TPSA) is 41.6 Å². The molecule has 1 heterocycles. The molecular weight excluding hydrogens is 264 g/mol. The number of piperidine rings is 1. The molecule has 1 aliphatic heterocycles. The van der Waals surface area contributed by atoms with Crippen LogP contribution in [0, 0.1) is 0 Å². The highest BCUT2D eigenvalue weighted by molar-refractivity contribution is 5.81. The molecule has 1 aliphatic carbocycles. The van der Waals surface area contributed by atoms with Crippen LogP contribution in [0.3, 0.4) is 0 Å². The average Bonchev–Trinajstić information content (AvgIpc) is 2.93. The molecule has 122 valence electrons. The van der Waals surface area contributed by atoms with Gasteiger partial charge in [-0.1, -0.05) is 20.3 Å². The van der Waals surface area contributed by atoms with Gasteiger partial charge in [-0.05, 0) is 58.5 Å². The van der Waals surface area contributed by atoms with Crippen molar-refractivity contribution in [2.75, 3.05) is 19.7 Å². The van der Waals surface area contributed by atoms with Gasteiger partial charge >= 0.3 is 5.97 Å². The van der Waals surface area contributed by atoms with E-state index in [1.165, 1.54) is 32.2 Å². The maximum Gasteiger partial charge on any atom is 0.326 e. The molecule has 2 rings (SSSR count). The smallest absolute Gasteiger partial charge is 0.326 e. The molecule has 0 amide bonds. The van der Waals surface area contributed by atoms with Crippen molar-refractivity contribution in [3.05, 3.63) is 0 Å². The first-order valence-corrected chi connectivity index (χ1v) is 8.84. The number of esters is 1. The molecule has 4 nitrogen and oxygen atoms in total. The van der Waals surface area contributed by atoms with Crippen LogP contribution in [0.25, 0.3) is 0 Å². The summed E-state index contributed by atoms with van der Waals surface area (Å²) in [5, 5.41) is 3.44. The molecule has 1 saturated carbocycles. The van der Waals surface area contributed by atoms with Gasteiger partial charge in [-0.3, -0.25) is 9.69 Å². The predicted molar refractivity (Wildman–Crippen MR) is 85.3 cm³/mol. The average molecular weight is 296 g/mol. The Bertz CT molecular complexity index is 348. The summed E-state index contributed by atoms with van der Waals surface area (Å²) in [5.74, 6) is -0.0422. The van der Waals surface area contributed by atoms with Crippen LogP contribution >= 0.6 is 0 Å². The third-order valence-corrected chi connectivity index (χ3v) is 5.28. The van der Waals surface area contributed by atoms with Crippen LogP contribution in [0.2, 0.25) is 0 Å². The zero-order valence-corrected chi connectivity index (χ0v) is 14.0. The van der Waals surface area contributed by atoms with E-state index in [9.17, 15) is 4.79 Å². The zero-order valence-electron chi connectivity index (χ0n) is 14.0. The van der Waals surface area contributed by atoms with Crippen molar-refractivity contribution in [3.63, 3.8) is 0 Å². The lowest BCUT2D eigenvalue weighted by molar-refractivity contribution is -0.151. The summed E-state index contributed by atoms with van der Waals surface area (Å²) in [6, 6.07) is 1.25. The monoisotopic (exact) mass is 296 g/mol. The molecule has 0 aromatic rings. The van der Waals surface area contributed by atoms with Gasteiger partial charge in [-0.15, -0.1) is 0 Å². The van der Waals surface area contributed by atoms with E-state index in [0.717, 1.165) is 25.8 Å². The second kappa shape index (κ2) is 7.59. The molecule has 0 bridgehead atoms. The lowest BCUT2D eigenvalue weighted by atomic mass is 9.94. The summed E-state index contributed by atoms with van der Waals surface area (Å²) in [6.07, 6.45) is 8.15. The first kappa shape index (κ1) is 16.8. The van der Waals surface area contributed by atoms with Gasteiger partial charge in [0.2, 0.25) is 0 Å². The molecule has 0 spiro atoms. The van der Waals surface area contributed by atoms with Crippen molar-refractivity contribution in [1.82, 2.24) is 10.2 Å². The van der Waals surface area contributed by atoms with Crippen molar-refractivity contribution in [2.45, 2.75) is 83.3 Å². The summed E-state index contributed by atoms with van der Waals surface area (Å²) in [5.41, 5.74) is -0.439. The molecule has 2 fully saturated rings. The normalized spacial score (nSPS) is 34.0. The fourth-order valence-corrected chi connectivity index (χ4v) is 4.27. The Hall–Kier alpha value is -0.610. The quantitative estimate of drug-likeness (QED) is 0.765. The van der Waals surface area contributed by atoms with Crippen molar-refractivity contribution in [2.24, 2.45) is 0 Å². The molecule has 3 atom stereocenters. The number of carbonyl (C=O) groups is 1. The van der Waals surface area contributed by atoms with Crippen LogP contribution in [-0.4, -0.2) is 48.2 Å². The van der Waals surface area contributed by atoms with Gasteiger partial charge in [0.15, 0.2) is 0 Å². The molecule has 1 N–H and O–H groups in total. The summed E-state index contributed by atoms with van der Waals surface area (Å²) in [6.45, 7) is 8.75. The Balaban J connectivity index is 2.06. The van der Waals surface area contributed by atoms with Crippen LogP contribution in [0.4, 0.5) is 0 Å². The number of hydrogen-bond acceptors (Lipinski definition) is 4. The standard InChI is InChI=1S/C17H32N2O2/c1-4-14-9-7-8-12-19(14)15-10-11-17(13-15,18-5-2)16(20)21-6-3/h14-15,18H,4-13H2,1-3H3. The SMILES string of the molecule is CCNC1(C(=O)OCC)CCC(N2CCCCC2CC)C1. The second-order valence-corrected chi connectivity index (χ2v) is 6.53. The fourth-order valence-electron chi connectivity index (χ4n) is 4.27. The highest BCUT2D eigenvalue weighted by atomic mass is 16.5. The van der Waals surface area contributed by atoms with E-state index >= 15 is 0 Å². The Labute approximate surface area is 129 Å². The van der Waals surface area contributed by atoms with Gasteiger partial charge in [0, 0.05) is 12.1 Å². The number of ether oxygens (including phenoxy) is 1. The number of rotatable bonds is 6. The van der Waals surface area contributed by atoms with E-state index in [2.05, 4.69) is 24.1 Å². The van der Waals surface area contributed by atoms with Gasteiger partial charge < -0.3 is 10.1 Å². The highest BCUT2D eigenvalue weighted by Crippen LogP contribution is 2.37. The van der Waals surface area contributed by atoms with Crippen molar-refractivity contribution < 1.29 is 9.53 Å². The van der Waals surface area contributed by atoms with E-state index < -0.39 is 5.54 Å². The summed E-state index contributed by atoms with van der Waals surface area (Å²) < 4.78 is 5.35. The molecule has 3 unspecified atom stereocenters. The van der Waals surface area contributed by atoms with Crippen LogP contribution in [0.1, 0.15) is 65.7 Å². The number of likely N-dealkylation sites (tertiary alicyclic amines) is 1. The highest BCUT2D eigenvalue weighted by Gasteiger charge is 2.48. The van der Waals surface area contributed by atoms with Crippen LogP contribution < -0.4 is 5.32 Å². The summed E-state index contributed by atoms with van der Waals surface area (Å²) >= 11 is 0. The predicted octanol–water partition coefficient (Wildman–Crippen LogP) is 2.71. The molecule has 0 radical (unpaired) electrons. The molecule has 2 aliphatic rings. The minimum Gasteiger partial charge on any atom is -0.465 e. The first-order chi connectivity index (χ1) is 10.2. The van der Waals surface area contributed by atoms with Crippen molar-refractivity contribution >= 4 is 5.97 Å². The van der Waals surface area contributed by atoms with E-state index in [1.54, 1.807) is 0 Å². The minimum atomic E-state index is -0.439. The fraction of sp³-hybridized carbons (Fsp3) is 0.941. The summed E-state index contributed by atoms with van der Waals surface area (Å²) in [4.78, 5) is 15.1. The number of nitrogens with one attached hydrogen (secondary N) is 1. The van der Waals surface area contributed by atoms with Crippen LogP contribution in [0.15, 0.2) is 0 Å². The van der Waals surface area contributed by atoms with Gasteiger partial charge in [-0.25, -0.2) is 0 Å². The number of hydrogen-bond donors (Lipinski definition) is 1. The Morgan fingerprint density at radius 3 is 2.76 bits per heavy atom.